The predicted octanol–water partition coefficient (Wildman–Crippen LogP) is 3.58. The van der Waals surface area contributed by atoms with E-state index in [0.717, 1.165) is 18.8 Å². The second-order valence-corrected chi connectivity index (χ2v) is 8.75. The zero-order valence-electron chi connectivity index (χ0n) is 16.8. The first-order valence-corrected chi connectivity index (χ1v) is 11.4. The topological polar surface area (TPSA) is 87.7 Å². The first-order valence-electron chi connectivity index (χ1n) is 9.94. The number of nitrogens with one attached hydrogen (secondary N) is 2. The molecule has 0 aliphatic carbocycles. The van der Waals surface area contributed by atoms with Crippen molar-refractivity contribution in [2.75, 3.05) is 41.2 Å². The van der Waals surface area contributed by atoms with Crippen molar-refractivity contribution in [1.82, 2.24) is 0 Å². The Hall–Kier alpha value is -3.36. The van der Waals surface area contributed by atoms with Gasteiger partial charge < -0.3 is 15.0 Å². The predicted molar refractivity (Wildman–Crippen MR) is 121 cm³/mol. The highest BCUT2D eigenvalue weighted by molar-refractivity contribution is 7.92. The van der Waals surface area contributed by atoms with Gasteiger partial charge in [-0.05, 0) is 48.5 Å². The van der Waals surface area contributed by atoms with Gasteiger partial charge in [-0.3, -0.25) is 9.52 Å². The van der Waals surface area contributed by atoms with Crippen LogP contribution in [-0.2, 0) is 14.8 Å². The van der Waals surface area contributed by atoms with Crippen LogP contribution in [0, 0.1) is 0 Å². The minimum atomic E-state index is -3.74. The van der Waals surface area contributed by atoms with Crippen molar-refractivity contribution in [3.05, 3.63) is 84.4 Å². The summed E-state index contributed by atoms with van der Waals surface area (Å²) in [4.78, 5) is 15.0. The summed E-state index contributed by atoms with van der Waals surface area (Å²) in [5.41, 5.74) is 2.49. The van der Waals surface area contributed by atoms with Crippen LogP contribution in [0.5, 0.6) is 0 Å². The van der Waals surface area contributed by atoms with E-state index in [2.05, 4.69) is 14.9 Å². The number of morpholine rings is 1. The Morgan fingerprint density at radius 2 is 1.48 bits per heavy atom. The van der Waals surface area contributed by atoms with Crippen LogP contribution < -0.4 is 14.9 Å². The number of nitrogens with zero attached hydrogens (tertiary/aromatic N) is 1. The van der Waals surface area contributed by atoms with Crippen molar-refractivity contribution >= 4 is 33.0 Å². The normalized spacial score (nSPS) is 14.1. The van der Waals surface area contributed by atoms with E-state index in [1.807, 2.05) is 30.3 Å². The maximum absolute atomic E-state index is 12.8. The van der Waals surface area contributed by atoms with Crippen LogP contribution in [0.2, 0.25) is 0 Å². The molecule has 1 heterocycles. The van der Waals surface area contributed by atoms with E-state index < -0.39 is 10.0 Å². The highest BCUT2D eigenvalue weighted by Gasteiger charge is 2.18. The Kier molecular flexibility index (Phi) is 6.20. The maximum Gasteiger partial charge on any atom is 0.261 e. The fraction of sp³-hybridized carbons (Fsp3) is 0.174. The van der Waals surface area contributed by atoms with Gasteiger partial charge in [-0.1, -0.05) is 30.3 Å². The molecular weight excluding hydrogens is 414 g/mol. The minimum absolute atomic E-state index is 0.0848. The van der Waals surface area contributed by atoms with Crippen molar-refractivity contribution < 1.29 is 17.9 Å². The number of carbonyl (C=O) groups excluding carboxylic acids is 1. The van der Waals surface area contributed by atoms with Crippen molar-refractivity contribution in [2.24, 2.45) is 0 Å². The van der Waals surface area contributed by atoms with Crippen LogP contribution in [0.3, 0.4) is 0 Å². The number of para-hydroxylation sites is 3. The quantitative estimate of drug-likeness (QED) is 0.616. The molecule has 8 heteroatoms. The summed E-state index contributed by atoms with van der Waals surface area (Å²) < 4.78 is 33.1. The van der Waals surface area contributed by atoms with E-state index in [1.165, 1.54) is 24.3 Å². The fourth-order valence-electron chi connectivity index (χ4n) is 3.36. The average molecular weight is 438 g/mol. The summed E-state index contributed by atoms with van der Waals surface area (Å²) in [6, 6.07) is 22.1. The molecule has 7 nitrogen and oxygen atoms in total. The third kappa shape index (κ3) is 5.04. The van der Waals surface area contributed by atoms with Crippen LogP contribution >= 0.6 is 0 Å². The second-order valence-electron chi connectivity index (χ2n) is 7.07. The standard InChI is InChI=1S/C23H23N3O4S/c27-23(24-21-8-4-5-9-22(21)26-14-16-30-17-15-26)18-10-12-20(13-11-18)31(28,29)25-19-6-2-1-3-7-19/h1-13,25H,14-17H2,(H,24,27). The van der Waals surface area contributed by atoms with E-state index in [1.54, 1.807) is 24.3 Å². The van der Waals surface area contributed by atoms with Gasteiger partial charge in [-0.2, -0.15) is 0 Å². The third-order valence-corrected chi connectivity index (χ3v) is 6.35. The summed E-state index contributed by atoms with van der Waals surface area (Å²) in [6.45, 7) is 2.81. The third-order valence-electron chi connectivity index (χ3n) is 4.96. The molecule has 1 saturated heterocycles. The number of hydrogen-bond donors (Lipinski definition) is 2. The Balaban J connectivity index is 1.48. The van der Waals surface area contributed by atoms with E-state index >= 15 is 0 Å². The lowest BCUT2D eigenvalue weighted by atomic mass is 10.2. The fourth-order valence-corrected chi connectivity index (χ4v) is 4.42. The molecule has 2 N–H and O–H groups in total. The average Bonchev–Trinajstić information content (AvgIpc) is 2.80. The van der Waals surface area contributed by atoms with Gasteiger partial charge in [0.1, 0.15) is 0 Å². The molecule has 0 atom stereocenters. The van der Waals surface area contributed by atoms with Gasteiger partial charge >= 0.3 is 0 Å². The number of ether oxygens (including phenoxy) is 1. The van der Waals surface area contributed by atoms with Gasteiger partial charge in [-0.15, -0.1) is 0 Å². The molecule has 0 saturated carbocycles. The summed E-state index contributed by atoms with van der Waals surface area (Å²) >= 11 is 0. The lowest BCUT2D eigenvalue weighted by molar-refractivity contribution is 0.102. The second kappa shape index (κ2) is 9.20. The van der Waals surface area contributed by atoms with Crippen molar-refractivity contribution in [2.45, 2.75) is 4.90 Å². The molecule has 0 aromatic heterocycles. The van der Waals surface area contributed by atoms with Gasteiger partial charge in [0.05, 0.1) is 29.5 Å². The van der Waals surface area contributed by atoms with Gasteiger partial charge in [0, 0.05) is 24.3 Å². The number of carbonyl (C=O) groups is 1. The lowest BCUT2D eigenvalue weighted by Crippen LogP contribution is -2.36. The molecule has 0 unspecified atom stereocenters. The largest absolute Gasteiger partial charge is 0.378 e. The Labute approximate surface area is 181 Å². The Bertz CT molecular complexity index is 1140. The molecule has 1 aliphatic rings. The number of amides is 1. The van der Waals surface area contributed by atoms with E-state index in [9.17, 15) is 13.2 Å². The molecule has 1 aliphatic heterocycles. The zero-order valence-corrected chi connectivity index (χ0v) is 17.6. The van der Waals surface area contributed by atoms with E-state index in [0.29, 0.717) is 30.2 Å². The molecule has 0 bridgehead atoms. The summed E-state index contributed by atoms with van der Waals surface area (Å²) in [7, 11) is -3.74. The molecule has 31 heavy (non-hydrogen) atoms. The van der Waals surface area contributed by atoms with E-state index in [-0.39, 0.29) is 10.8 Å². The lowest BCUT2D eigenvalue weighted by Gasteiger charge is -2.30. The van der Waals surface area contributed by atoms with Crippen molar-refractivity contribution in [3.8, 4) is 0 Å². The van der Waals surface area contributed by atoms with Gasteiger partial charge in [0.25, 0.3) is 15.9 Å². The van der Waals surface area contributed by atoms with E-state index in [4.69, 9.17) is 4.74 Å². The molecule has 3 aromatic carbocycles. The molecule has 0 spiro atoms. The molecule has 1 amide bonds. The highest BCUT2D eigenvalue weighted by atomic mass is 32.2. The van der Waals surface area contributed by atoms with Gasteiger partial charge in [0.15, 0.2) is 0 Å². The van der Waals surface area contributed by atoms with Crippen LogP contribution in [0.25, 0.3) is 0 Å². The van der Waals surface area contributed by atoms with Crippen LogP contribution in [0.1, 0.15) is 10.4 Å². The SMILES string of the molecule is O=C(Nc1ccccc1N1CCOCC1)c1ccc(S(=O)(=O)Nc2ccccc2)cc1. The Morgan fingerprint density at radius 3 is 2.19 bits per heavy atom. The highest BCUT2D eigenvalue weighted by Crippen LogP contribution is 2.27. The number of rotatable bonds is 6. The van der Waals surface area contributed by atoms with Crippen LogP contribution in [0.4, 0.5) is 17.1 Å². The van der Waals surface area contributed by atoms with Crippen LogP contribution in [0.15, 0.2) is 83.8 Å². The molecule has 4 rings (SSSR count). The van der Waals surface area contributed by atoms with Gasteiger partial charge in [-0.25, -0.2) is 8.42 Å². The minimum Gasteiger partial charge on any atom is -0.378 e. The van der Waals surface area contributed by atoms with Crippen molar-refractivity contribution in [3.63, 3.8) is 0 Å². The summed E-state index contributed by atoms with van der Waals surface area (Å²) in [6.07, 6.45) is 0. The molecule has 0 radical (unpaired) electrons. The van der Waals surface area contributed by atoms with Gasteiger partial charge in [0.2, 0.25) is 0 Å². The van der Waals surface area contributed by atoms with Crippen LogP contribution in [-0.4, -0.2) is 40.6 Å². The molecule has 1 fully saturated rings. The maximum atomic E-state index is 12.8. The Morgan fingerprint density at radius 1 is 0.839 bits per heavy atom. The monoisotopic (exact) mass is 437 g/mol. The van der Waals surface area contributed by atoms with Crippen molar-refractivity contribution in [1.29, 1.82) is 0 Å². The summed E-state index contributed by atoms with van der Waals surface area (Å²) in [5.74, 6) is -0.305. The molecule has 3 aromatic rings. The number of sulfonamides is 1. The first-order chi connectivity index (χ1) is 15.0. The number of anilines is 3. The smallest absolute Gasteiger partial charge is 0.261 e. The number of benzene rings is 3. The zero-order chi connectivity index (χ0) is 21.7. The summed E-state index contributed by atoms with van der Waals surface area (Å²) in [5, 5.41) is 2.94. The molecule has 160 valence electrons. The number of hydrogen-bond acceptors (Lipinski definition) is 5. The first kappa shape index (κ1) is 20.9. The molecular formula is C23H23N3O4S.